The molecule has 0 spiro atoms. The van der Waals surface area contributed by atoms with Gasteiger partial charge in [0.05, 0.1) is 22.1 Å². The summed E-state index contributed by atoms with van der Waals surface area (Å²) in [6.45, 7) is 0. The van der Waals surface area contributed by atoms with Crippen LogP contribution < -0.4 is 0 Å². The fraction of sp³-hybridized carbons (Fsp3) is 0. The number of aromatic nitrogens is 5. The number of hydrogen-bond donors (Lipinski definition) is 0. The third-order valence-electron chi connectivity index (χ3n) is 13.5. The maximum Gasteiger partial charge on any atom is 0.164 e. The average Bonchev–Trinajstić information content (AvgIpc) is 4.09. The predicted octanol–water partition coefficient (Wildman–Crippen LogP) is 16.3. The van der Waals surface area contributed by atoms with Crippen LogP contribution in [0, 0.1) is 0 Å². The van der Waals surface area contributed by atoms with Gasteiger partial charge in [0.25, 0.3) is 0 Å². The van der Waals surface area contributed by atoms with Crippen LogP contribution in [0.3, 0.4) is 0 Å². The van der Waals surface area contributed by atoms with Crippen molar-refractivity contribution in [3.8, 4) is 67.8 Å². The Morgan fingerprint density at radius 1 is 0.275 bits per heavy atom. The molecule has 14 rings (SSSR count). The third-order valence-corrected chi connectivity index (χ3v) is 13.5. The minimum atomic E-state index is 0.581. The van der Waals surface area contributed by atoms with Gasteiger partial charge in [0, 0.05) is 65.9 Å². The first-order valence-electron chi connectivity index (χ1n) is 23.3. The highest BCUT2D eigenvalue weighted by atomic mass is 16.3. The normalized spacial score (nSPS) is 11.8. The molecule has 6 nitrogen and oxygen atoms in total. The van der Waals surface area contributed by atoms with Crippen molar-refractivity contribution in [2.75, 3.05) is 0 Å². The van der Waals surface area contributed by atoms with Crippen molar-refractivity contribution in [1.29, 1.82) is 0 Å². The molecule has 0 radical (unpaired) electrons. The zero-order valence-corrected chi connectivity index (χ0v) is 37.2. The highest BCUT2D eigenvalue weighted by Gasteiger charge is 2.20. The van der Waals surface area contributed by atoms with E-state index in [0.29, 0.717) is 17.5 Å². The van der Waals surface area contributed by atoms with Gasteiger partial charge >= 0.3 is 0 Å². The van der Waals surface area contributed by atoms with Crippen LogP contribution in [0.15, 0.2) is 241 Å². The number of benzene rings is 10. The summed E-state index contributed by atoms with van der Waals surface area (Å²) in [5.74, 6) is 1.76. The van der Waals surface area contributed by atoms with Crippen LogP contribution in [0.5, 0.6) is 0 Å². The first-order valence-corrected chi connectivity index (χ1v) is 23.3. The fourth-order valence-corrected chi connectivity index (χ4v) is 10.4. The molecule has 322 valence electrons. The lowest BCUT2D eigenvalue weighted by molar-refractivity contribution is 0.670. The summed E-state index contributed by atoms with van der Waals surface area (Å²) in [4.78, 5) is 15.8. The van der Waals surface area contributed by atoms with Gasteiger partial charge in [0.15, 0.2) is 17.5 Å². The monoisotopic (exact) mass is 881 g/mol. The molecule has 10 aromatic carbocycles. The zero-order chi connectivity index (χ0) is 45.4. The van der Waals surface area contributed by atoms with Gasteiger partial charge in [-0.15, -0.1) is 0 Å². The molecule has 69 heavy (non-hydrogen) atoms. The molecular formula is C63H39N5O. The second kappa shape index (κ2) is 15.6. The van der Waals surface area contributed by atoms with E-state index in [1.807, 2.05) is 30.3 Å². The van der Waals surface area contributed by atoms with Crippen LogP contribution in [0.25, 0.3) is 133 Å². The first-order chi connectivity index (χ1) is 34.2. The maximum absolute atomic E-state index is 6.49. The zero-order valence-electron chi connectivity index (χ0n) is 37.2. The van der Waals surface area contributed by atoms with Crippen LogP contribution in [0.4, 0.5) is 0 Å². The van der Waals surface area contributed by atoms with E-state index >= 15 is 0 Å². The van der Waals surface area contributed by atoms with Gasteiger partial charge in [-0.2, -0.15) is 0 Å². The van der Waals surface area contributed by atoms with Gasteiger partial charge in [-0.05, 0) is 83.4 Å². The number of fused-ring (bicyclic) bond motifs is 9. The summed E-state index contributed by atoms with van der Waals surface area (Å²) < 4.78 is 11.3. The summed E-state index contributed by atoms with van der Waals surface area (Å²) in [7, 11) is 0. The molecular weight excluding hydrogens is 843 g/mol. The molecule has 0 aliphatic rings. The number of rotatable bonds is 7. The highest BCUT2D eigenvalue weighted by molar-refractivity contribution is 6.13. The lowest BCUT2D eigenvalue weighted by Gasteiger charge is -2.15. The quantitative estimate of drug-likeness (QED) is 0.160. The van der Waals surface area contributed by atoms with Gasteiger partial charge < -0.3 is 13.6 Å². The molecule has 0 bridgehead atoms. The lowest BCUT2D eigenvalue weighted by Crippen LogP contribution is -2.02. The number of para-hydroxylation sites is 5. The maximum atomic E-state index is 6.49. The molecule has 0 fully saturated rings. The second-order valence-electron chi connectivity index (χ2n) is 17.6. The topological polar surface area (TPSA) is 61.7 Å². The molecule has 0 aliphatic carbocycles. The summed E-state index contributed by atoms with van der Waals surface area (Å²) in [5, 5.41) is 7.01. The van der Waals surface area contributed by atoms with Crippen molar-refractivity contribution in [1.82, 2.24) is 24.1 Å². The summed E-state index contributed by atoms with van der Waals surface area (Å²) in [6, 6.07) is 83.4. The molecule has 0 amide bonds. The lowest BCUT2D eigenvalue weighted by atomic mass is 10.00. The summed E-state index contributed by atoms with van der Waals surface area (Å²) in [6.07, 6.45) is 0. The molecule has 14 aromatic rings. The van der Waals surface area contributed by atoms with Gasteiger partial charge in [-0.3, -0.25) is 0 Å². The number of nitrogens with zero attached hydrogens (tertiary/aromatic N) is 5. The van der Waals surface area contributed by atoms with Crippen molar-refractivity contribution in [2.24, 2.45) is 0 Å². The van der Waals surface area contributed by atoms with Gasteiger partial charge in [-0.25, -0.2) is 15.0 Å². The Morgan fingerprint density at radius 3 is 1.46 bits per heavy atom. The molecule has 4 heterocycles. The van der Waals surface area contributed by atoms with E-state index in [1.165, 1.54) is 32.6 Å². The van der Waals surface area contributed by atoms with E-state index in [2.05, 4.69) is 215 Å². The Hall–Kier alpha value is -9.39. The van der Waals surface area contributed by atoms with E-state index < -0.39 is 0 Å². The van der Waals surface area contributed by atoms with Crippen LogP contribution in [-0.4, -0.2) is 24.1 Å². The van der Waals surface area contributed by atoms with Gasteiger partial charge in [0.2, 0.25) is 0 Å². The van der Waals surface area contributed by atoms with Crippen molar-refractivity contribution < 1.29 is 4.42 Å². The molecule has 0 saturated carbocycles. The van der Waals surface area contributed by atoms with E-state index in [4.69, 9.17) is 19.4 Å². The van der Waals surface area contributed by atoms with E-state index in [0.717, 1.165) is 83.3 Å². The average molecular weight is 882 g/mol. The van der Waals surface area contributed by atoms with Crippen LogP contribution in [0.1, 0.15) is 0 Å². The summed E-state index contributed by atoms with van der Waals surface area (Å²) >= 11 is 0. The van der Waals surface area contributed by atoms with E-state index in [9.17, 15) is 0 Å². The Morgan fingerprint density at radius 2 is 0.754 bits per heavy atom. The standard InChI is InChI=1S/C63H39N5O/c1-3-17-40(18-4-1)44-36-45(38-47(37-44)68-57-31-13-9-25-51(57)54-39-46(33-34-58(54)68)67-55-29-11-7-23-49(55)50-24-8-12-30-56(50)67)63-65-61(41-19-5-2-6-20-41)64-62(66-63)43-22-15-21-42(35-43)48-27-16-28-53-52-26-10-14-32-59(52)69-60(48)53/h1-39H. The molecule has 6 heteroatoms. The van der Waals surface area contributed by atoms with Gasteiger partial charge in [-0.1, -0.05) is 170 Å². The molecule has 0 aliphatic heterocycles. The van der Waals surface area contributed by atoms with Crippen LogP contribution >= 0.6 is 0 Å². The predicted molar refractivity (Wildman–Crippen MR) is 283 cm³/mol. The largest absolute Gasteiger partial charge is 0.455 e. The Bertz CT molecular complexity index is 4260. The van der Waals surface area contributed by atoms with E-state index in [-0.39, 0.29) is 0 Å². The molecule has 0 unspecified atom stereocenters. The number of hydrogen-bond acceptors (Lipinski definition) is 4. The Labute approximate surface area is 396 Å². The van der Waals surface area contributed by atoms with Crippen molar-refractivity contribution in [2.45, 2.75) is 0 Å². The van der Waals surface area contributed by atoms with Gasteiger partial charge in [0.1, 0.15) is 11.2 Å². The SMILES string of the molecule is c1ccc(-c2cc(-c3nc(-c4ccccc4)nc(-c4cccc(-c5cccc6c5oc5ccccc56)c4)n3)cc(-n3c4ccccc4c4cc(-n5c6ccccc6c6ccccc65)ccc43)c2)cc1. The van der Waals surface area contributed by atoms with Crippen LogP contribution in [-0.2, 0) is 0 Å². The Kier molecular flexibility index (Phi) is 8.79. The summed E-state index contributed by atoms with van der Waals surface area (Å²) in [5.41, 5.74) is 15.3. The second-order valence-corrected chi connectivity index (χ2v) is 17.6. The Balaban J connectivity index is 0.967. The smallest absolute Gasteiger partial charge is 0.164 e. The fourth-order valence-electron chi connectivity index (χ4n) is 10.4. The van der Waals surface area contributed by atoms with Crippen LogP contribution in [0.2, 0.25) is 0 Å². The molecule has 0 saturated heterocycles. The number of furan rings is 1. The van der Waals surface area contributed by atoms with Crippen molar-refractivity contribution in [3.05, 3.63) is 237 Å². The molecule has 4 aromatic heterocycles. The first kappa shape index (κ1) is 38.8. The minimum Gasteiger partial charge on any atom is -0.455 e. The highest BCUT2D eigenvalue weighted by Crippen LogP contribution is 2.40. The third kappa shape index (κ3) is 6.38. The van der Waals surface area contributed by atoms with Crippen molar-refractivity contribution >= 4 is 65.6 Å². The minimum absolute atomic E-state index is 0.581. The van der Waals surface area contributed by atoms with E-state index in [1.54, 1.807) is 0 Å². The van der Waals surface area contributed by atoms with Crippen molar-refractivity contribution in [3.63, 3.8) is 0 Å². The molecule has 0 N–H and O–H groups in total. The molecule has 0 atom stereocenters.